The van der Waals surface area contributed by atoms with Crippen molar-refractivity contribution in [2.45, 2.75) is 0 Å². The molecule has 2 amide bonds. The molecule has 148 valence electrons. The Morgan fingerprint density at radius 2 is 1.68 bits per heavy atom. The molecule has 0 bridgehead atoms. The topological polar surface area (TPSA) is 61.9 Å². The van der Waals surface area contributed by atoms with Gasteiger partial charge in [-0.25, -0.2) is 8.78 Å². The number of nitrogens with one attached hydrogen (secondary N) is 1. The average molecular weight is 389 g/mol. The van der Waals surface area contributed by atoms with E-state index in [2.05, 4.69) is 10.2 Å². The molecular formula is C20H21F2N3O3. The van der Waals surface area contributed by atoms with E-state index in [9.17, 15) is 18.4 Å². The molecule has 0 radical (unpaired) electrons. The molecule has 1 N–H and O–H groups in total. The molecule has 0 unspecified atom stereocenters. The predicted molar refractivity (Wildman–Crippen MR) is 101 cm³/mol. The van der Waals surface area contributed by atoms with Crippen molar-refractivity contribution in [3.63, 3.8) is 0 Å². The van der Waals surface area contributed by atoms with Crippen molar-refractivity contribution in [2.24, 2.45) is 0 Å². The maximum Gasteiger partial charge on any atom is 0.260 e. The van der Waals surface area contributed by atoms with E-state index in [0.29, 0.717) is 18.9 Å². The number of benzene rings is 2. The fourth-order valence-electron chi connectivity index (χ4n) is 2.96. The standard InChI is InChI=1S/C20H21F2N3O3/c1-24(20(27)19-16(21)3-2-4-17(19)22)13-18(26)23-14-5-7-15(8-6-14)25-9-11-28-12-10-25/h2-8H,9-13H2,1H3,(H,23,26). The molecule has 1 aliphatic heterocycles. The van der Waals surface area contributed by atoms with Crippen molar-refractivity contribution in [3.05, 3.63) is 59.7 Å². The first-order chi connectivity index (χ1) is 13.5. The molecule has 28 heavy (non-hydrogen) atoms. The van der Waals surface area contributed by atoms with E-state index in [4.69, 9.17) is 4.74 Å². The molecule has 0 aromatic heterocycles. The van der Waals surface area contributed by atoms with Crippen LogP contribution < -0.4 is 10.2 Å². The maximum atomic E-state index is 13.7. The van der Waals surface area contributed by atoms with Crippen LogP contribution in [0.25, 0.3) is 0 Å². The van der Waals surface area contributed by atoms with E-state index in [1.54, 1.807) is 12.1 Å². The van der Waals surface area contributed by atoms with Crippen molar-refractivity contribution < 1.29 is 23.1 Å². The highest BCUT2D eigenvalue weighted by molar-refractivity contribution is 5.99. The number of anilines is 2. The van der Waals surface area contributed by atoms with Gasteiger partial charge in [-0.2, -0.15) is 0 Å². The predicted octanol–water partition coefficient (Wildman–Crippen LogP) is 2.51. The van der Waals surface area contributed by atoms with Gasteiger partial charge in [-0.05, 0) is 36.4 Å². The fourth-order valence-corrected chi connectivity index (χ4v) is 2.96. The molecular weight excluding hydrogens is 368 g/mol. The third-order valence-corrected chi connectivity index (χ3v) is 4.43. The van der Waals surface area contributed by atoms with Crippen LogP contribution >= 0.6 is 0 Å². The highest BCUT2D eigenvalue weighted by Crippen LogP contribution is 2.19. The molecule has 0 spiro atoms. The Balaban J connectivity index is 1.58. The van der Waals surface area contributed by atoms with Crippen molar-refractivity contribution >= 4 is 23.2 Å². The number of ether oxygens (including phenoxy) is 1. The molecule has 1 aliphatic rings. The number of nitrogens with zero attached hydrogens (tertiary/aromatic N) is 2. The lowest BCUT2D eigenvalue weighted by Gasteiger charge is -2.28. The molecule has 8 heteroatoms. The summed E-state index contributed by atoms with van der Waals surface area (Å²) in [5.41, 5.74) is 0.927. The summed E-state index contributed by atoms with van der Waals surface area (Å²) in [5, 5.41) is 2.67. The van der Waals surface area contributed by atoms with E-state index in [0.717, 1.165) is 35.8 Å². The fraction of sp³-hybridized carbons (Fsp3) is 0.300. The van der Waals surface area contributed by atoms with Crippen LogP contribution in [0, 0.1) is 11.6 Å². The Hall–Kier alpha value is -3.00. The number of hydrogen-bond donors (Lipinski definition) is 1. The maximum absolute atomic E-state index is 13.7. The molecule has 0 saturated carbocycles. The van der Waals surface area contributed by atoms with Crippen molar-refractivity contribution in [1.82, 2.24) is 4.90 Å². The summed E-state index contributed by atoms with van der Waals surface area (Å²) < 4.78 is 32.8. The third kappa shape index (κ3) is 4.64. The molecule has 2 aromatic rings. The number of hydrogen-bond acceptors (Lipinski definition) is 4. The molecule has 6 nitrogen and oxygen atoms in total. The Labute approximate surface area is 161 Å². The molecule has 0 atom stereocenters. The zero-order chi connectivity index (χ0) is 20.1. The van der Waals surface area contributed by atoms with E-state index < -0.39 is 29.0 Å². The number of amides is 2. The van der Waals surface area contributed by atoms with Gasteiger partial charge in [0.15, 0.2) is 0 Å². The van der Waals surface area contributed by atoms with Gasteiger partial charge < -0.3 is 19.9 Å². The first-order valence-electron chi connectivity index (χ1n) is 8.88. The first-order valence-corrected chi connectivity index (χ1v) is 8.88. The molecule has 0 aliphatic carbocycles. The van der Waals surface area contributed by atoms with E-state index in [1.807, 2.05) is 12.1 Å². The number of carbonyl (C=O) groups excluding carboxylic acids is 2. The third-order valence-electron chi connectivity index (χ3n) is 4.43. The van der Waals surface area contributed by atoms with Gasteiger partial charge in [0.05, 0.1) is 19.8 Å². The summed E-state index contributed by atoms with van der Waals surface area (Å²) in [5.74, 6) is -3.29. The summed E-state index contributed by atoms with van der Waals surface area (Å²) in [6.07, 6.45) is 0. The number of morpholine rings is 1. The van der Waals surface area contributed by atoms with Gasteiger partial charge in [0, 0.05) is 31.5 Å². The largest absolute Gasteiger partial charge is 0.378 e. The van der Waals surface area contributed by atoms with Gasteiger partial charge in [-0.15, -0.1) is 0 Å². The lowest BCUT2D eigenvalue weighted by atomic mass is 10.1. The number of halogens is 2. The van der Waals surface area contributed by atoms with Crippen LogP contribution in [0.5, 0.6) is 0 Å². The molecule has 1 fully saturated rings. The van der Waals surface area contributed by atoms with Crippen molar-refractivity contribution in [3.8, 4) is 0 Å². The quantitative estimate of drug-likeness (QED) is 0.854. The van der Waals surface area contributed by atoms with E-state index in [-0.39, 0.29) is 6.54 Å². The van der Waals surface area contributed by atoms with E-state index in [1.165, 1.54) is 13.1 Å². The van der Waals surface area contributed by atoms with E-state index >= 15 is 0 Å². The summed E-state index contributed by atoms with van der Waals surface area (Å²) in [6.45, 7) is 2.65. The summed E-state index contributed by atoms with van der Waals surface area (Å²) >= 11 is 0. The smallest absolute Gasteiger partial charge is 0.260 e. The second kappa shape index (κ2) is 8.79. The van der Waals surface area contributed by atoms with Gasteiger partial charge in [0.25, 0.3) is 5.91 Å². The Morgan fingerprint density at radius 3 is 2.29 bits per heavy atom. The lowest BCUT2D eigenvalue weighted by Crippen LogP contribution is -2.36. The van der Waals surface area contributed by atoms with Gasteiger partial charge >= 0.3 is 0 Å². The van der Waals surface area contributed by atoms with Crippen LogP contribution in [0.3, 0.4) is 0 Å². The van der Waals surface area contributed by atoms with Crippen LogP contribution in [-0.4, -0.2) is 56.6 Å². The van der Waals surface area contributed by atoms with Crippen molar-refractivity contribution in [2.75, 3.05) is 50.1 Å². The normalized spacial score (nSPS) is 13.9. The van der Waals surface area contributed by atoms with Crippen LogP contribution in [0.15, 0.2) is 42.5 Å². The van der Waals surface area contributed by atoms with Crippen molar-refractivity contribution in [1.29, 1.82) is 0 Å². The molecule has 3 rings (SSSR count). The number of rotatable bonds is 5. The molecule has 2 aromatic carbocycles. The van der Waals surface area contributed by atoms with Gasteiger partial charge in [0.2, 0.25) is 5.91 Å². The van der Waals surface area contributed by atoms with Gasteiger partial charge in [-0.3, -0.25) is 9.59 Å². The average Bonchev–Trinajstić information content (AvgIpc) is 2.69. The summed E-state index contributed by atoms with van der Waals surface area (Å²) in [6, 6.07) is 10.5. The Bertz CT molecular complexity index is 832. The van der Waals surface area contributed by atoms with Crippen LogP contribution in [0.1, 0.15) is 10.4 Å². The number of carbonyl (C=O) groups is 2. The second-order valence-corrected chi connectivity index (χ2v) is 6.45. The second-order valence-electron chi connectivity index (χ2n) is 6.45. The lowest BCUT2D eigenvalue weighted by molar-refractivity contribution is -0.116. The zero-order valence-electron chi connectivity index (χ0n) is 15.5. The van der Waals surface area contributed by atoms with Gasteiger partial charge in [0.1, 0.15) is 17.2 Å². The Morgan fingerprint density at radius 1 is 1.07 bits per heavy atom. The minimum Gasteiger partial charge on any atom is -0.378 e. The first kappa shape index (κ1) is 19.8. The van der Waals surface area contributed by atoms with Crippen LogP contribution in [0.2, 0.25) is 0 Å². The minimum absolute atomic E-state index is 0.335. The van der Waals surface area contributed by atoms with Crippen LogP contribution in [0.4, 0.5) is 20.2 Å². The number of likely N-dealkylation sites (N-methyl/N-ethyl adjacent to an activating group) is 1. The minimum atomic E-state index is -0.962. The molecule has 1 saturated heterocycles. The van der Waals surface area contributed by atoms with Crippen LogP contribution in [-0.2, 0) is 9.53 Å². The highest BCUT2D eigenvalue weighted by atomic mass is 19.1. The SMILES string of the molecule is CN(CC(=O)Nc1ccc(N2CCOCC2)cc1)C(=O)c1c(F)cccc1F. The molecule has 1 heterocycles. The zero-order valence-corrected chi connectivity index (χ0v) is 15.5. The monoisotopic (exact) mass is 389 g/mol. The Kier molecular flexibility index (Phi) is 6.20. The summed E-state index contributed by atoms with van der Waals surface area (Å²) in [4.78, 5) is 27.6. The highest BCUT2D eigenvalue weighted by Gasteiger charge is 2.22. The van der Waals surface area contributed by atoms with Gasteiger partial charge in [-0.1, -0.05) is 6.07 Å². The summed E-state index contributed by atoms with van der Waals surface area (Å²) in [7, 11) is 1.31.